The van der Waals surface area contributed by atoms with Crippen molar-refractivity contribution in [2.24, 2.45) is 0 Å². The van der Waals surface area contributed by atoms with Crippen LogP contribution < -0.4 is 10.5 Å². The lowest BCUT2D eigenvalue weighted by molar-refractivity contribution is 0.171. The number of rotatable bonds is 7. The number of fused-ring (bicyclic) bond motifs is 2. The van der Waals surface area contributed by atoms with Crippen molar-refractivity contribution in [3.63, 3.8) is 0 Å². The van der Waals surface area contributed by atoms with Crippen LogP contribution in [-0.2, 0) is 11.3 Å². The Morgan fingerprint density at radius 2 is 1.95 bits per heavy atom. The predicted octanol–water partition coefficient (Wildman–Crippen LogP) is 2.99. The number of ether oxygens (including phenoxy) is 1. The minimum atomic E-state index is -0.390. The second kappa shape index (κ2) is 10.0. The Bertz CT molecular complexity index is 1570. The summed E-state index contributed by atoms with van der Waals surface area (Å²) in [6.07, 6.45) is 0. The number of aromatic amines is 1. The van der Waals surface area contributed by atoms with Gasteiger partial charge >= 0.3 is 0 Å². The van der Waals surface area contributed by atoms with E-state index < -0.39 is 0 Å². The molecule has 0 saturated carbocycles. The molecular weight excluding hydrogens is 488 g/mol. The van der Waals surface area contributed by atoms with E-state index >= 15 is 0 Å². The van der Waals surface area contributed by atoms with Gasteiger partial charge in [0.15, 0.2) is 11.0 Å². The number of methoxy groups -OCH3 is 1. The number of aromatic nitrogens is 6. The third-order valence-electron chi connectivity index (χ3n) is 6.87. The Morgan fingerprint density at radius 3 is 2.76 bits per heavy atom. The number of nitrogens with zero attached hydrogens (tertiary/aromatic N) is 7. The number of para-hydroxylation sites is 1. The lowest BCUT2D eigenvalue weighted by Crippen LogP contribution is -2.49. The molecule has 37 heavy (non-hydrogen) atoms. The normalized spacial score (nSPS) is 15.6. The molecule has 4 heterocycles. The number of nitrogens with one attached hydrogen (secondary N) is 1. The first-order valence-corrected chi connectivity index (χ1v) is 13.2. The molecule has 1 atom stereocenters. The van der Waals surface area contributed by atoms with Crippen molar-refractivity contribution in [3.05, 3.63) is 75.8 Å². The smallest absolute Gasteiger partial charge is 0.253 e. The molecular formula is C26H28N8O2S. The number of H-pyrrole nitrogens is 1. The highest BCUT2D eigenvalue weighted by molar-refractivity contribution is 7.22. The first-order chi connectivity index (χ1) is 18.1. The molecule has 0 amide bonds. The fraction of sp³-hybridized carbons (Fsp3) is 0.346. The molecule has 10 nitrogen and oxygen atoms in total. The molecule has 11 heteroatoms. The standard InChI is InChI=1S/C26H28N8O2S/c1-17-7-8-18-16-19(25(35)27-21(18)15-17)23(24-29-30-31-34(24)13-14-36-2)32-9-11-33(12-10-32)26-28-20-5-3-4-6-22(20)37-26/h3-8,15-16,23H,9-14H2,1-2H3,(H,27,35)/t23-/m1/s1. The van der Waals surface area contributed by atoms with E-state index in [0.717, 1.165) is 53.3 Å². The van der Waals surface area contributed by atoms with Crippen LogP contribution in [0, 0.1) is 6.92 Å². The van der Waals surface area contributed by atoms with Gasteiger partial charge in [-0.3, -0.25) is 9.69 Å². The Hall–Kier alpha value is -3.67. The van der Waals surface area contributed by atoms with Crippen LogP contribution in [0.25, 0.3) is 21.1 Å². The van der Waals surface area contributed by atoms with Crippen molar-refractivity contribution < 1.29 is 4.74 Å². The third kappa shape index (κ3) is 4.61. The van der Waals surface area contributed by atoms with Crippen molar-refractivity contribution in [3.8, 4) is 0 Å². The van der Waals surface area contributed by atoms with Gasteiger partial charge in [-0.05, 0) is 52.6 Å². The number of pyridine rings is 1. The van der Waals surface area contributed by atoms with Crippen LogP contribution >= 0.6 is 11.3 Å². The zero-order valence-electron chi connectivity index (χ0n) is 20.8. The maximum Gasteiger partial charge on any atom is 0.253 e. The van der Waals surface area contributed by atoms with Gasteiger partial charge in [0.1, 0.15) is 6.04 Å². The van der Waals surface area contributed by atoms with Gasteiger partial charge in [0.25, 0.3) is 5.56 Å². The van der Waals surface area contributed by atoms with Crippen LogP contribution in [0.3, 0.4) is 0 Å². The summed E-state index contributed by atoms with van der Waals surface area (Å²) in [7, 11) is 1.65. The summed E-state index contributed by atoms with van der Waals surface area (Å²) < 4.78 is 8.20. The summed E-state index contributed by atoms with van der Waals surface area (Å²) in [5, 5.41) is 14.6. The maximum absolute atomic E-state index is 13.4. The quantitative estimate of drug-likeness (QED) is 0.352. The summed E-state index contributed by atoms with van der Waals surface area (Å²) in [5.41, 5.74) is 3.46. The fourth-order valence-corrected chi connectivity index (χ4v) is 5.96. The molecule has 5 aromatic rings. The van der Waals surface area contributed by atoms with Crippen molar-refractivity contribution >= 4 is 37.6 Å². The highest BCUT2D eigenvalue weighted by atomic mass is 32.1. The van der Waals surface area contributed by atoms with Gasteiger partial charge in [0.2, 0.25) is 0 Å². The number of thiazole rings is 1. The average Bonchev–Trinajstić information content (AvgIpc) is 3.55. The minimum absolute atomic E-state index is 0.127. The zero-order chi connectivity index (χ0) is 25.4. The van der Waals surface area contributed by atoms with Crippen LogP contribution in [0.5, 0.6) is 0 Å². The van der Waals surface area contributed by atoms with Gasteiger partial charge in [-0.1, -0.05) is 35.6 Å². The second-order valence-electron chi connectivity index (χ2n) is 9.29. The van der Waals surface area contributed by atoms with Crippen LogP contribution in [0.2, 0.25) is 0 Å². The highest BCUT2D eigenvalue weighted by Crippen LogP contribution is 2.32. The summed E-state index contributed by atoms with van der Waals surface area (Å²) in [5.74, 6) is 0.641. The Balaban J connectivity index is 1.35. The van der Waals surface area contributed by atoms with E-state index in [-0.39, 0.29) is 11.6 Å². The first kappa shape index (κ1) is 23.7. The van der Waals surface area contributed by atoms with Crippen LogP contribution in [0.1, 0.15) is 23.0 Å². The van der Waals surface area contributed by atoms with Gasteiger partial charge in [-0.2, -0.15) is 0 Å². The SMILES string of the molecule is COCCn1nnnc1[C@@H](c1cc2ccc(C)cc2[nH]c1=O)N1CCN(c2nc3ccccc3s2)CC1. The molecule has 1 aliphatic rings. The van der Waals surface area contributed by atoms with Crippen molar-refractivity contribution in [2.75, 3.05) is 44.8 Å². The van der Waals surface area contributed by atoms with Crippen LogP contribution in [0.15, 0.2) is 53.3 Å². The predicted molar refractivity (Wildman–Crippen MR) is 144 cm³/mol. The lowest BCUT2D eigenvalue weighted by atomic mass is 10.0. The molecule has 2 aromatic carbocycles. The van der Waals surface area contributed by atoms with Gasteiger partial charge in [-0.25, -0.2) is 9.67 Å². The number of piperazine rings is 1. The van der Waals surface area contributed by atoms with E-state index in [9.17, 15) is 4.79 Å². The second-order valence-corrected chi connectivity index (χ2v) is 10.3. The number of anilines is 1. The topological polar surface area (TPSA) is 105 Å². The highest BCUT2D eigenvalue weighted by Gasteiger charge is 2.33. The van der Waals surface area contributed by atoms with E-state index in [4.69, 9.17) is 9.72 Å². The van der Waals surface area contributed by atoms with Crippen molar-refractivity contribution in [2.45, 2.75) is 19.5 Å². The van der Waals surface area contributed by atoms with E-state index in [0.29, 0.717) is 24.5 Å². The molecule has 190 valence electrons. The molecule has 0 aliphatic carbocycles. The number of tetrazole rings is 1. The van der Waals surface area contributed by atoms with Crippen LogP contribution in [-0.4, -0.2) is 75.0 Å². The molecule has 0 radical (unpaired) electrons. The largest absolute Gasteiger partial charge is 0.383 e. The third-order valence-corrected chi connectivity index (χ3v) is 7.97. The van der Waals surface area contributed by atoms with Gasteiger partial charge < -0.3 is 14.6 Å². The molecule has 1 fully saturated rings. The van der Waals surface area contributed by atoms with Crippen molar-refractivity contribution in [1.29, 1.82) is 0 Å². The zero-order valence-corrected chi connectivity index (χ0v) is 21.6. The van der Waals surface area contributed by atoms with Crippen LogP contribution in [0.4, 0.5) is 5.13 Å². The Morgan fingerprint density at radius 1 is 1.11 bits per heavy atom. The summed E-state index contributed by atoms with van der Waals surface area (Å²) in [6, 6.07) is 15.9. The van der Waals surface area contributed by atoms with Gasteiger partial charge in [-0.15, -0.1) is 5.10 Å². The molecule has 6 rings (SSSR count). The molecule has 0 bridgehead atoms. The maximum atomic E-state index is 13.4. The van der Waals surface area contributed by atoms with E-state index in [1.165, 1.54) is 4.70 Å². The lowest BCUT2D eigenvalue weighted by Gasteiger charge is -2.38. The number of aryl methyl sites for hydroxylation is 1. The molecule has 0 unspecified atom stereocenters. The number of hydrogen-bond acceptors (Lipinski definition) is 9. The first-order valence-electron chi connectivity index (χ1n) is 12.3. The molecule has 1 aliphatic heterocycles. The monoisotopic (exact) mass is 516 g/mol. The Kier molecular flexibility index (Phi) is 6.41. The summed E-state index contributed by atoms with van der Waals surface area (Å²) in [4.78, 5) is 26.0. The van der Waals surface area contributed by atoms with Crippen molar-refractivity contribution in [1.82, 2.24) is 35.1 Å². The Labute approximate surface area is 217 Å². The average molecular weight is 517 g/mol. The molecule has 3 aromatic heterocycles. The molecule has 1 saturated heterocycles. The minimum Gasteiger partial charge on any atom is -0.383 e. The molecule has 0 spiro atoms. The summed E-state index contributed by atoms with van der Waals surface area (Å²) >= 11 is 1.72. The van der Waals surface area contributed by atoms with Gasteiger partial charge in [0, 0.05) is 44.4 Å². The molecule has 1 N–H and O–H groups in total. The fourth-order valence-electron chi connectivity index (χ4n) is 4.95. The number of hydrogen-bond donors (Lipinski definition) is 1. The van der Waals surface area contributed by atoms with E-state index in [1.54, 1.807) is 23.1 Å². The van der Waals surface area contributed by atoms with E-state index in [2.05, 4.69) is 48.5 Å². The van der Waals surface area contributed by atoms with Gasteiger partial charge in [0.05, 0.1) is 23.4 Å². The van der Waals surface area contributed by atoms with E-state index in [1.807, 2.05) is 37.3 Å². The number of benzene rings is 2. The summed E-state index contributed by atoms with van der Waals surface area (Å²) in [6.45, 7) is 6.06.